The topological polar surface area (TPSA) is 108 Å². The quantitative estimate of drug-likeness (QED) is 0.750. The summed E-state index contributed by atoms with van der Waals surface area (Å²) in [5.74, 6) is -0.462. The molecular weight excluding hydrogens is 416 g/mol. The number of sulfonamides is 1. The van der Waals surface area contributed by atoms with Gasteiger partial charge in [0.1, 0.15) is 10.7 Å². The van der Waals surface area contributed by atoms with Crippen LogP contribution in [0.4, 0.5) is 5.69 Å². The summed E-state index contributed by atoms with van der Waals surface area (Å²) in [6.45, 7) is 5.89. The molecule has 29 heavy (non-hydrogen) atoms. The Labute approximate surface area is 175 Å². The zero-order valence-electron chi connectivity index (χ0n) is 16.7. The standard InChI is InChI=1S/C19H25ClN4O4S/c1-19(2,3)22-17(25)11-21-18(26)12-9-15-14(10-13(12)20)24-8-6-4-5-7-16(24)23-29(15,27)28/h9-10H,4-8,11H2,1-3H3,(H,21,26)(H,22,25). The average Bonchev–Trinajstić information content (AvgIpc) is 2.82. The number of anilines is 1. The van der Waals surface area contributed by atoms with Crippen molar-refractivity contribution in [1.82, 2.24) is 10.6 Å². The number of hydrogen-bond donors (Lipinski definition) is 2. The first-order chi connectivity index (χ1) is 13.5. The second kappa shape index (κ2) is 7.95. The number of nitrogens with one attached hydrogen (secondary N) is 2. The van der Waals surface area contributed by atoms with Crippen molar-refractivity contribution in [2.45, 2.75) is 56.9 Å². The van der Waals surface area contributed by atoms with E-state index in [0.717, 1.165) is 19.3 Å². The van der Waals surface area contributed by atoms with E-state index in [1.165, 1.54) is 12.1 Å². The van der Waals surface area contributed by atoms with Gasteiger partial charge in [-0.15, -0.1) is 4.40 Å². The van der Waals surface area contributed by atoms with Gasteiger partial charge in [0, 0.05) is 18.5 Å². The van der Waals surface area contributed by atoms with Crippen molar-refractivity contribution in [3.8, 4) is 0 Å². The fourth-order valence-corrected chi connectivity index (χ4v) is 4.90. The Hall–Kier alpha value is -2.13. The van der Waals surface area contributed by atoms with Crippen molar-refractivity contribution in [3.63, 3.8) is 0 Å². The van der Waals surface area contributed by atoms with Crippen molar-refractivity contribution in [3.05, 3.63) is 22.7 Å². The molecule has 1 aromatic carbocycles. The van der Waals surface area contributed by atoms with Gasteiger partial charge in [-0.05, 0) is 45.7 Å². The molecule has 2 aliphatic heterocycles. The predicted octanol–water partition coefficient (Wildman–Crippen LogP) is 2.47. The third-order valence-electron chi connectivity index (χ3n) is 4.61. The summed E-state index contributed by atoms with van der Waals surface area (Å²) in [5.41, 5.74) is 0.0114. The summed E-state index contributed by atoms with van der Waals surface area (Å²) < 4.78 is 29.3. The molecular formula is C19H25ClN4O4S. The van der Waals surface area contributed by atoms with Crippen molar-refractivity contribution in [1.29, 1.82) is 0 Å². The summed E-state index contributed by atoms with van der Waals surface area (Å²) in [4.78, 5) is 26.3. The number of carbonyl (C=O) groups is 2. The molecule has 0 unspecified atom stereocenters. The van der Waals surface area contributed by atoms with Gasteiger partial charge < -0.3 is 15.5 Å². The largest absolute Gasteiger partial charge is 0.350 e. The maximum Gasteiger partial charge on any atom is 0.286 e. The molecule has 0 bridgehead atoms. The van der Waals surface area contributed by atoms with Crippen LogP contribution in [0.15, 0.2) is 21.4 Å². The van der Waals surface area contributed by atoms with Gasteiger partial charge in [0.2, 0.25) is 5.91 Å². The lowest BCUT2D eigenvalue weighted by Crippen LogP contribution is -2.45. The minimum absolute atomic E-state index is 0.00831. The number of nitrogens with zero attached hydrogens (tertiary/aromatic N) is 2. The van der Waals surface area contributed by atoms with Crippen LogP contribution < -0.4 is 15.5 Å². The Morgan fingerprint density at radius 2 is 1.93 bits per heavy atom. The Balaban J connectivity index is 1.87. The third-order valence-corrected chi connectivity index (χ3v) is 6.25. The van der Waals surface area contributed by atoms with Gasteiger partial charge in [-0.3, -0.25) is 9.59 Å². The van der Waals surface area contributed by atoms with Crippen molar-refractivity contribution >= 4 is 45.0 Å². The number of fused-ring (bicyclic) bond motifs is 3. The van der Waals surface area contributed by atoms with Gasteiger partial charge in [-0.2, -0.15) is 8.42 Å². The Morgan fingerprint density at radius 3 is 2.62 bits per heavy atom. The molecule has 2 heterocycles. The predicted molar refractivity (Wildman–Crippen MR) is 112 cm³/mol. The van der Waals surface area contributed by atoms with E-state index in [2.05, 4.69) is 15.0 Å². The number of halogens is 1. The number of amidine groups is 1. The maximum atomic E-state index is 12.7. The molecule has 1 aromatic rings. The lowest BCUT2D eigenvalue weighted by Gasteiger charge is -2.30. The fraction of sp³-hybridized carbons (Fsp3) is 0.526. The molecule has 1 saturated heterocycles. The van der Waals surface area contributed by atoms with E-state index in [4.69, 9.17) is 11.6 Å². The fourth-order valence-electron chi connectivity index (χ4n) is 3.39. The molecule has 0 saturated carbocycles. The van der Waals surface area contributed by atoms with Crippen LogP contribution in [0.5, 0.6) is 0 Å². The van der Waals surface area contributed by atoms with E-state index in [1.54, 1.807) is 0 Å². The van der Waals surface area contributed by atoms with Gasteiger partial charge in [0.15, 0.2) is 0 Å². The summed E-state index contributed by atoms with van der Waals surface area (Å²) in [6.07, 6.45) is 3.38. The highest BCUT2D eigenvalue weighted by Crippen LogP contribution is 2.37. The molecule has 1 fully saturated rings. The van der Waals surface area contributed by atoms with E-state index in [-0.39, 0.29) is 27.9 Å². The number of carbonyl (C=O) groups excluding carboxylic acids is 2. The minimum atomic E-state index is -3.93. The molecule has 3 rings (SSSR count). The lowest BCUT2D eigenvalue weighted by atomic mass is 10.1. The van der Waals surface area contributed by atoms with E-state index < -0.39 is 21.5 Å². The summed E-state index contributed by atoms with van der Waals surface area (Å²) >= 11 is 6.32. The molecule has 0 spiro atoms. The third kappa shape index (κ3) is 4.90. The van der Waals surface area contributed by atoms with Crippen molar-refractivity contribution in [2.24, 2.45) is 4.40 Å². The molecule has 2 aliphatic rings. The lowest BCUT2D eigenvalue weighted by molar-refractivity contribution is -0.121. The van der Waals surface area contributed by atoms with Crippen molar-refractivity contribution in [2.75, 3.05) is 18.0 Å². The molecule has 8 nitrogen and oxygen atoms in total. The Morgan fingerprint density at radius 1 is 1.21 bits per heavy atom. The minimum Gasteiger partial charge on any atom is -0.350 e. The van der Waals surface area contributed by atoms with Gasteiger partial charge >= 0.3 is 0 Å². The number of benzene rings is 1. The number of hydrogen-bond acceptors (Lipinski definition) is 5. The molecule has 2 N–H and O–H groups in total. The molecule has 10 heteroatoms. The van der Waals surface area contributed by atoms with Crippen LogP contribution in [-0.2, 0) is 14.8 Å². The highest BCUT2D eigenvalue weighted by molar-refractivity contribution is 7.90. The second-order valence-corrected chi connectivity index (χ2v) is 10.2. The first kappa shape index (κ1) is 21.6. The van der Waals surface area contributed by atoms with Crippen molar-refractivity contribution < 1.29 is 18.0 Å². The van der Waals surface area contributed by atoms with Gasteiger partial charge in [-0.1, -0.05) is 18.0 Å². The number of rotatable bonds is 3. The van der Waals surface area contributed by atoms with Crippen LogP contribution in [0.2, 0.25) is 5.02 Å². The first-order valence-electron chi connectivity index (χ1n) is 9.52. The van der Waals surface area contributed by atoms with Crippen LogP contribution >= 0.6 is 11.6 Å². The van der Waals surface area contributed by atoms with Gasteiger partial charge in [0.25, 0.3) is 15.9 Å². The first-order valence-corrected chi connectivity index (χ1v) is 11.3. The number of amides is 2. The molecule has 0 aromatic heterocycles. The molecule has 0 aliphatic carbocycles. The highest BCUT2D eigenvalue weighted by atomic mass is 35.5. The zero-order valence-corrected chi connectivity index (χ0v) is 18.3. The SMILES string of the molecule is CC(C)(C)NC(=O)CNC(=O)c1cc2c(cc1Cl)N1CCCCCC1=NS2(=O)=O. The van der Waals surface area contributed by atoms with Crippen LogP contribution in [0.3, 0.4) is 0 Å². The van der Waals surface area contributed by atoms with E-state index in [1.807, 2.05) is 25.7 Å². The van der Waals surface area contributed by atoms with Crippen LogP contribution in [0, 0.1) is 0 Å². The van der Waals surface area contributed by atoms with E-state index >= 15 is 0 Å². The van der Waals surface area contributed by atoms with E-state index in [0.29, 0.717) is 24.5 Å². The normalized spacial score (nSPS) is 18.1. The monoisotopic (exact) mass is 440 g/mol. The average molecular weight is 441 g/mol. The zero-order chi connectivity index (χ0) is 21.4. The van der Waals surface area contributed by atoms with E-state index in [9.17, 15) is 18.0 Å². The molecule has 0 atom stereocenters. The second-order valence-electron chi connectivity index (χ2n) is 8.23. The molecule has 0 radical (unpaired) electrons. The maximum absolute atomic E-state index is 12.7. The van der Waals surface area contributed by atoms with Crippen LogP contribution in [-0.4, -0.2) is 44.7 Å². The summed E-state index contributed by atoms with van der Waals surface area (Å²) in [6, 6.07) is 2.74. The van der Waals surface area contributed by atoms with Gasteiger partial charge in [0.05, 0.1) is 22.8 Å². The highest BCUT2D eigenvalue weighted by Gasteiger charge is 2.33. The Bertz CT molecular complexity index is 983. The molecule has 2 amide bonds. The molecule has 158 valence electrons. The summed E-state index contributed by atoms with van der Waals surface area (Å²) in [7, 11) is -3.93. The van der Waals surface area contributed by atoms with Crippen LogP contribution in [0.25, 0.3) is 0 Å². The van der Waals surface area contributed by atoms with Crippen LogP contribution in [0.1, 0.15) is 56.8 Å². The van der Waals surface area contributed by atoms with Gasteiger partial charge in [-0.25, -0.2) is 0 Å². The smallest absolute Gasteiger partial charge is 0.286 e. The Kier molecular flexibility index (Phi) is 5.91. The summed E-state index contributed by atoms with van der Waals surface area (Å²) in [5, 5.41) is 5.34.